The van der Waals surface area contributed by atoms with Crippen LogP contribution in [0.3, 0.4) is 0 Å². The fourth-order valence-corrected chi connectivity index (χ4v) is 2.36. The number of esters is 1. The number of ether oxygens (including phenoxy) is 1. The van der Waals surface area contributed by atoms with Crippen molar-refractivity contribution in [3.05, 3.63) is 71.4 Å². The number of carbonyl (C=O) groups excluding carboxylic acids is 2. The van der Waals surface area contributed by atoms with Crippen molar-refractivity contribution < 1.29 is 14.3 Å². The summed E-state index contributed by atoms with van der Waals surface area (Å²) in [7, 11) is 1.29. The summed E-state index contributed by atoms with van der Waals surface area (Å²) in [4.78, 5) is 36.3. The van der Waals surface area contributed by atoms with Crippen LogP contribution >= 0.6 is 11.6 Å². The number of halogens is 1. The van der Waals surface area contributed by atoms with Crippen LogP contribution in [0.1, 0.15) is 20.8 Å². The van der Waals surface area contributed by atoms with E-state index < -0.39 is 11.9 Å². The molecule has 1 N–H and O–H groups in total. The van der Waals surface area contributed by atoms with Gasteiger partial charge in [-0.15, -0.1) is 0 Å². The number of methoxy groups -OCH3 is 1. The first kappa shape index (κ1) is 17.5. The van der Waals surface area contributed by atoms with Crippen LogP contribution < -0.4 is 5.32 Å². The van der Waals surface area contributed by atoms with Crippen molar-refractivity contribution in [2.45, 2.75) is 0 Å². The molecular weight excluding hydrogens is 356 g/mol. The summed E-state index contributed by atoms with van der Waals surface area (Å²) >= 11 is 5.65. The van der Waals surface area contributed by atoms with Crippen molar-refractivity contribution in [2.75, 3.05) is 12.4 Å². The molecule has 0 unspecified atom stereocenters. The van der Waals surface area contributed by atoms with Crippen LogP contribution in [0.2, 0.25) is 5.15 Å². The van der Waals surface area contributed by atoms with Gasteiger partial charge in [0, 0.05) is 11.8 Å². The fourth-order valence-electron chi connectivity index (χ4n) is 2.26. The Morgan fingerprint density at radius 3 is 2.46 bits per heavy atom. The number of aromatic nitrogens is 3. The lowest BCUT2D eigenvalue weighted by Gasteiger charge is -2.10. The van der Waals surface area contributed by atoms with Crippen molar-refractivity contribution >= 4 is 29.3 Å². The van der Waals surface area contributed by atoms with Gasteiger partial charge in [0.15, 0.2) is 0 Å². The van der Waals surface area contributed by atoms with E-state index in [1.165, 1.54) is 31.8 Å². The molecule has 0 saturated carbocycles. The highest BCUT2D eigenvalue weighted by atomic mass is 35.5. The van der Waals surface area contributed by atoms with Gasteiger partial charge in [0.1, 0.15) is 16.7 Å². The minimum Gasteiger partial charge on any atom is -0.465 e. The van der Waals surface area contributed by atoms with E-state index in [1.807, 2.05) is 30.3 Å². The fraction of sp³-hybridized carbons (Fsp3) is 0.0556. The first-order valence-corrected chi connectivity index (χ1v) is 7.89. The predicted octanol–water partition coefficient (Wildman–Crippen LogP) is 3.23. The smallest absolute Gasteiger partial charge is 0.338 e. The normalized spacial score (nSPS) is 10.2. The monoisotopic (exact) mass is 368 g/mol. The average molecular weight is 369 g/mol. The van der Waals surface area contributed by atoms with Crippen LogP contribution in [0.25, 0.3) is 11.1 Å². The molecule has 2 heterocycles. The molecule has 3 aromatic rings. The van der Waals surface area contributed by atoms with E-state index in [1.54, 1.807) is 0 Å². The van der Waals surface area contributed by atoms with Crippen molar-refractivity contribution in [1.29, 1.82) is 0 Å². The second-order valence-electron chi connectivity index (χ2n) is 5.15. The summed E-state index contributed by atoms with van der Waals surface area (Å²) in [5, 5.41) is 2.75. The van der Waals surface area contributed by atoms with Crippen LogP contribution in [0.15, 0.2) is 55.0 Å². The predicted molar refractivity (Wildman–Crippen MR) is 96.0 cm³/mol. The molecule has 26 heavy (non-hydrogen) atoms. The zero-order chi connectivity index (χ0) is 18.5. The lowest BCUT2D eigenvalue weighted by Crippen LogP contribution is -2.16. The molecule has 0 aliphatic rings. The molecule has 3 rings (SSSR count). The Kier molecular flexibility index (Phi) is 5.19. The Morgan fingerprint density at radius 1 is 1.04 bits per heavy atom. The van der Waals surface area contributed by atoms with E-state index in [0.29, 0.717) is 5.56 Å². The average Bonchev–Trinajstić information content (AvgIpc) is 2.68. The SMILES string of the molecule is COC(=O)c1cc(NC(=O)c2cnc(Cl)cn2)ncc1-c1ccccc1. The van der Waals surface area contributed by atoms with Crippen molar-refractivity contribution in [1.82, 2.24) is 15.0 Å². The Bertz CT molecular complexity index is 946. The number of nitrogens with one attached hydrogen (secondary N) is 1. The molecule has 0 aliphatic heterocycles. The molecule has 0 fully saturated rings. The van der Waals surface area contributed by atoms with Gasteiger partial charge in [-0.3, -0.25) is 4.79 Å². The summed E-state index contributed by atoms with van der Waals surface area (Å²) in [6.45, 7) is 0. The highest BCUT2D eigenvalue weighted by Gasteiger charge is 2.17. The number of amides is 1. The van der Waals surface area contributed by atoms with Crippen LogP contribution in [0, 0.1) is 0 Å². The quantitative estimate of drug-likeness (QED) is 0.710. The second kappa shape index (κ2) is 7.71. The summed E-state index contributed by atoms with van der Waals surface area (Å²) in [5.74, 6) is -0.871. The van der Waals surface area contributed by atoms with Crippen molar-refractivity contribution in [3.8, 4) is 11.1 Å². The molecule has 0 radical (unpaired) electrons. The highest BCUT2D eigenvalue weighted by molar-refractivity contribution is 6.29. The molecule has 1 aromatic carbocycles. The molecule has 0 spiro atoms. The molecular formula is C18H13ClN4O3. The van der Waals surface area contributed by atoms with E-state index >= 15 is 0 Å². The van der Waals surface area contributed by atoms with Gasteiger partial charge in [0.2, 0.25) is 0 Å². The van der Waals surface area contributed by atoms with Crippen molar-refractivity contribution in [2.24, 2.45) is 0 Å². The number of benzene rings is 1. The largest absolute Gasteiger partial charge is 0.465 e. The number of nitrogens with zero attached hydrogens (tertiary/aromatic N) is 3. The lowest BCUT2D eigenvalue weighted by molar-refractivity contribution is 0.0601. The topological polar surface area (TPSA) is 94.1 Å². The number of rotatable bonds is 4. The van der Waals surface area contributed by atoms with Gasteiger partial charge in [0.05, 0.1) is 25.1 Å². The number of hydrogen-bond donors (Lipinski definition) is 1. The third kappa shape index (κ3) is 3.84. The third-order valence-corrected chi connectivity index (χ3v) is 3.68. The molecule has 0 atom stereocenters. The van der Waals surface area contributed by atoms with Crippen LogP contribution in [-0.4, -0.2) is 33.9 Å². The van der Waals surface area contributed by atoms with E-state index in [9.17, 15) is 9.59 Å². The van der Waals surface area contributed by atoms with Gasteiger partial charge in [-0.25, -0.2) is 19.7 Å². The Morgan fingerprint density at radius 2 is 1.81 bits per heavy atom. The van der Waals surface area contributed by atoms with Crippen molar-refractivity contribution in [3.63, 3.8) is 0 Å². The zero-order valence-electron chi connectivity index (χ0n) is 13.6. The van der Waals surface area contributed by atoms with Gasteiger partial charge >= 0.3 is 5.97 Å². The van der Waals surface area contributed by atoms with Crippen LogP contribution in [-0.2, 0) is 4.74 Å². The number of carbonyl (C=O) groups is 2. The van der Waals surface area contributed by atoms with Gasteiger partial charge < -0.3 is 10.1 Å². The molecule has 2 aromatic heterocycles. The number of anilines is 1. The summed E-state index contributed by atoms with van der Waals surface area (Å²) in [6, 6.07) is 10.7. The maximum absolute atomic E-state index is 12.2. The second-order valence-corrected chi connectivity index (χ2v) is 5.54. The van der Waals surface area contributed by atoms with E-state index in [-0.39, 0.29) is 22.2 Å². The maximum Gasteiger partial charge on any atom is 0.338 e. The first-order valence-electron chi connectivity index (χ1n) is 7.51. The Hall–Kier alpha value is -3.32. The van der Waals surface area contributed by atoms with Gasteiger partial charge in [-0.05, 0) is 11.6 Å². The summed E-state index contributed by atoms with van der Waals surface area (Å²) in [6.07, 6.45) is 4.02. The zero-order valence-corrected chi connectivity index (χ0v) is 14.4. The van der Waals surface area contributed by atoms with Gasteiger partial charge in [-0.2, -0.15) is 0 Å². The van der Waals surface area contributed by atoms with E-state index in [2.05, 4.69) is 20.3 Å². The molecule has 8 heteroatoms. The summed E-state index contributed by atoms with van der Waals surface area (Å²) < 4.78 is 4.84. The molecule has 0 aliphatic carbocycles. The minimum absolute atomic E-state index is 0.0722. The minimum atomic E-state index is -0.534. The third-order valence-electron chi connectivity index (χ3n) is 3.49. The lowest BCUT2D eigenvalue weighted by atomic mass is 10.0. The molecule has 0 bridgehead atoms. The van der Waals surface area contributed by atoms with Crippen LogP contribution in [0.4, 0.5) is 5.82 Å². The van der Waals surface area contributed by atoms with Gasteiger partial charge in [0.25, 0.3) is 5.91 Å². The molecule has 0 saturated heterocycles. The van der Waals surface area contributed by atoms with Gasteiger partial charge in [-0.1, -0.05) is 41.9 Å². The van der Waals surface area contributed by atoms with E-state index in [4.69, 9.17) is 16.3 Å². The Balaban J connectivity index is 1.93. The number of pyridine rings is 1. The highest BCUT2D eigenvalue weighted by Crippen LogP contribution is 2.25. The van der Waals surface area contributed by atoms with Crippen LogP contribution in [0.5, 0.6) is 0 Å². The molecule has 7 nitrogen and oxygen atoms in total. The maximum atomic E-state index is 12.2. The molecule has 130 valence electrons. The summed E-state index contributed by atoms with van der Waals surface area (Å²) in [5.41, 5.74) is 1.76. The molecule has 1 amide bonds. The standard InChI is InChI=1S/C18H13ClN4O3/c1-26-18(25)12-7-16(22-8-13(12)11-5-3-2-4-6-11)23-17(24)14-9-21-15(19)10-20-14/h2-10H,1H3,(H,22,23,24). The Labute approximate surface area is 154 Å². The van der Waals surface area contributed by atoms with E-state index in [0.717, 1.165) is 5.56 Å². The number of hydrogen-bond acceptors (Lipinski definition) is 6. The first-order chi connectivity index (χ1) is 12.6.